The van der Waals surface area contributed by atoms with E-state index in [0.29, 0.717) is 15.6 Å². The van der Waals surface area contributed by atoms with Crippen LogP contribution in [0, 0.1) is 0 Å². The number of hydrogen-bond acceptors (Lipinski definition) is 4. The van der Waals surface area contributed by atoms with Gasteiger partial charge in [-0.05, 0) is 48.2 Å². The van der Waals surface area contributed by atoms with Crippen molar-refractivity contribution in [3.8, 4) is 0 Å². The minimum Gasteiger partial charge on any atom is -0.352 e. The van der Waals surface area contributed by atoms with Crippen molar-refractivity contribution in [1.29, 1.82) is 0 Å². The molecule has 7 nitrogen and oxygen atoms in total. The average molecular weight is 617 g/mol. The van der Waals surface area contributed by atoms with Crippen LogP contribution in [0.15, 0.2) is 78.9 Å². The number of carbonyl (C=O) groups excluding carboxylic acids is 2. The zero-order valence-electron chi connectivity index (χ0n) is 23.0. The average Bonchev–Trinajstić information content (AvgIpc) is 2.95. The highest BCUT2D eigenvalue weighted by Crippen LogP contribution is 2.25. The molecule has 0 aromatic heterocycles. The van der Waals surface area contributed by atoms with Gasteiger partial charge >= 0.3 is 0 Å². The standard InChI is InChI=1S/C31H35Cl2N3O4S/c1-41(39,40)36(27-17-10-14-25(32)20-27)22-30(37)35(21-24-13-8-9-18-28(24)33)29(19-23-11-4-2-5-12-23)31(38)34-26-15-6-3-7-16-26/h2,4-5,8-14,17-18,20,26,29H,3,6-7,15-16,19,21-22H2,1H3,(H,34,38)/t29-/m0/s1. The number of nitrogens with one attached hydrogen (secondary N) is 1. The SMILES string of the molecule is CS(=O)(=O)N(CC(=O)N(Cc1ccccc1Cl)[C@@H](Cc1ccccc1)C(=O)NC1CCCCC1)c1cccc(Cl)c1. The summed E-state index contributed by atoms with van der Waals surface area (Å²) in [4.78, 5) is 29.6. The first-order valence-electron chi connectivity index (χ1n) is 13.7. The Morgan fingerprint density at radius 2 is 1.61 bits per heavy atom. The van der Waals surface area contributed by atoms with Gasteiger partial charge in [0.2, 0.25) is 21.8 Å². The molecule has 1 aliphatic rings. The van der Waals surface area contributed by atoms with E-state index in [2.05, 4.69) is 5.32 Å². The third-order valence-electron chi connectivity index (χ3n) is 7.30. The Balaban J connectivity index is 1.73. The van der Waals surface area contributed by atoms with Crippen LogP contribution < -0.4 is 9.62 Å². The van der Waals surface area contributed by atoms with Crippen molar-refractivity contribution in [2.24, 2.45) is 0 Å². The van der Waals surface area contributed by atoms with Crippen molar-refractivity contribution in [1.82, 2.24) is 10.2 Å². The molecule has 3 aromatic carbocycles. The first kappa shape index (κ1) is 30.9. The normalized spacial score (nSPS) is 14.7. The molecule has 41 heavy (non-hydrogen) atoms. The topological polar surface area (TPSA) is 86.8 Å². The summed E-state index contributed by atoms with van der Waals surface area (Å²) in [5, 5.41) is 3.97. The molecular weight excluding hydrogens is 581 g/mol. The van der Waals surface area contributed by atoms with Gasteiger partial charge in [0.25, 0.3) is 0 Å². The molecule has 2 amide bonds. The lowest BCUT2D eigenvalue weighted by Crippen LogP contribution is -2.55. The van der Waals surface area contributed by atoms with E-state index < -0.39 is 28.5 Å². The predicted octanol–water partition coefficient (Wildman–Crippen LogP) is 5.85. The number of nitrogens with zero attached hydrogens (tertiary/aromatic N) is 2. The minimum atomic E-state index is -3.87. The highest BCUT2D eigenvalue weighted by molar-refractivity contribution is 7.92. The van der Waals surface area contributed by atoms with Crippen LogP contribution in [-0.2, 0) is 32.6 Å². The third kappa shape index (κ3) is 8.71. The Morgan fingerprint density at radius 1 is 0.927 bits per heavy atom. The molecule has 3 aromatic rings. The van der Waals surface area contributed by atoms with Gasteiger partial charge in [-0.1, -0.05) is 97.1 Å². The van der Waals surface area contributed by atoms with E-state index in [0.717, 1.165) is 48.2 Å². The monoisotopic (exact) mass is 615 g/mol. The molecule has 0 spiro atoms. The Morgan fingerprint density at radius 3 is 2.27 bits per heavy atom. The molecule has 1 fully saturated rings. The highest BCUT2D eigenvalue weighted by atomic mass is 35.5. The van der Waals surface area contributed by atoms with E-state index in [1.54, 1.807) is 36.4 Å². The molecule has 1 aliphatic carbocycles. The fourth-order valence-electron chi connectivity index (χ4n) is 5.15. The lowest BCUT2D eigenvalue weighted by molar-refractivity contribution is -0.140. The van der Waals surface area contributed by atoms with Crippen LogP contribution in [-0.4, -0.2) is 50.0 Å². The molecule has 0 saturated heterocycles. The van der Waals surface area contributed by atoms with Crippen molar-refractivity contribution in [2.75, 3.05) is 17.1 Å². The van der Waals surface area contributed by atoms with Gasteiger partial charge in [0.15, 0.2) is 0 Å². The maximum absolute atomic E-state index is 14.2. The Labute approximate surface area is 252 Å². The number of halogens is 2. The lowest BCUT2D eigenvalue weighted by Gasteiger charge is -2.35. The highest BCUT2D eigenvalue weighted by Gasteiger charge is 2.34. The number of carbonyl (C=O) groups is 2. The molecule has 0 bridgehead atoms. The summed E-state index contributed by atoms with van der Waals surface area (Å²) in [5.41, 5.74) is 1.79. The molecule has 1 saturated carbocycles. The van der Waals surface area contributed by atoms with Gasteiger partial charge in [0, 0.05) is 29.1 Å². The number of sulfonamides is 1. The van der Waals surface area contributed by atoms with Crippen molar-refractivity contribution in [3.05, 3.63) is 100 Å². The van der Waals surface area contributed by atoms with Crippen LogP contribution in [0.25, 0.3) is 0 Å². The largest absolute Gasteiger partial charge is 0.352 e. The van der Waals surface area contributed by atoms with E-state index in [-0.39, 0.29) is 30.6 Å². The summed E-state index contributed by atoms with van der Waals surface area (Å²) in [7, 11) is -3.87. The third-order valence-corrected chi connectivity index (χ3v) is 9.04. The summed E-state index contributed by atoms with van der Waals surface area (Å²) in [6, 6.07) is 22.1. The molecule has 0 radical (unpaired) electrons. The van der Waals surface area contributed by atoms with Gasteiger partial charge in [0.1, 0.15) is 12.6 Å². The Bertz CT molecular complexity index is 1450. The lowest BCUT2D eigenvalue weighted by atomic mass is 9.94. The minimum absolute atomic E-state index is 0.0290. The second-order valence-electron chi connectivity index (χ2n) is 10.4. The maximum Gasteiger partial charge on any atom is 0.244 e. The van der Waals surface area contributed by atoms with E-state index >= 15 is 0 Å². The summed E-state index contributed by atoms with van der Waals surface area (Å²) >= 11 is 12.7. The molecule has 0 unspecified atom stereocenters. The summed E-state index contributed by atoms with van der Waals surface area (Å²) < 4.78 is 26.8. The maximum atomic E-state index is 14.2. The van der Waals surface area contributed by atoms with Crippen molar-refractivity contribution >= 4 is 50.7 Å². The molecule has 10 heteroatoms. The van der Waals surface area contributed by atoms with Gasteiger partial charge < -0.3 is 10.2 Å². The molecule has 218 valence electrons. The van der Waals surface area contributed by atoms with Crippen LogP contribution in [0.4, 0.5) is 5.69 Å². The number of benzene rings is 3. The fourth-order valence-corrected chi connectivity index (χ4v) is 6.37. The van der Waals surface area contributed by atoms with Crippen molar-refractivity contribution < 1.29 is 18.0 Å². The van der Waals surface area contributed by atoms with Gasteiger partial charge in [-0.15, -0.1) is 0 Å². The number of rotatable bonds is 11. The molecule has 1 N–H and O–H groups in total. The van der Waals surface area contributed by atoms with Gasteiger partial charge in [-0.25, -0.2) is 8.42 Å². The smallest absolute Gasteiger partial charge is 0.244 e. The zero-order chi connectivity index (χ0) is 29.4. The van der Waals surface area contributed by atoms with Crippen LogP contribution in [0.3, 0.4) is 0 Å². The predicted molar refractivity (Wildman–Crippen MR) is 165 cm³/mol. The van der Waals surface area contributed by atoms with Crippen LogP contribution in [0.2, 0.25) is 10.0 Å². The molecule has 4 rings (SSSR count). The van der Waals surface area contributed by atoms with Gasteiger partial charge in [-0.2, -0.15) is 0 Å². The fraction of sp³-hybridized carbons (Fsp3) is 0.355. The van der Waals surface area contributed by atoms with Crippen LogP contribution in [0.1, 0.15) is 43.2 Å². The van der Waals surface area contributed by atoms with E-state index in [4.69, 9.17) is 23.2 Å². The summed E-state index contributed by atoms with van der Waals surface area (Å²) in [6.07, 6.45) is 6.29. The van der Waals surface area contributed by atoms with E-state index in [1.165, 1.54) is 11.0 Å². The number of amides is 2. The zero-order valence-corrected chi connectivity index (χ0v) is 25.3. The molecule has 1 atom stereocenters. The van der Waals surface area contributed by atoms with Crippen molar-refractivity contribution in [2.45, 2.75) is 57.2 Å². The summed E-state index contributed by atoms with van der Waals surface area (Å²) in [6.45, 7) is -0.479. The van der Waals surface area contributed by atoms with Gasteiger partial charge in [-0.3, -0.25) is 13.9 Å². The van der Waals surface area contributed by atoms with Crippen LogP contribution >= 0.6 is 23.2 Å². The molecule has 0 aliphatic heterocycles. The van der Waals surface area contributed by atoms with E-state index in [1.807, 2.05) is 36.4 Å². The number of anilines is 1. The van der Waals surface area contributed by atoms with Crippen LogP contribution in [0.5, 0.6) is 0 Å². The first-order valence-corrected chi connectivity index (χ1v) is 16.3. The molecule has 0 heterocycles. The number of hydrogen-bond donors (Lipinski definition) is 1. The summed E-state index contributed by atoms with van der Waals surface area (Å²) in [5.74, 6) is -0.801. The van der Waals surface area contributed by atoms with Crippen molar-refractivity contribution in [3.63, 3.8) is 0 Å². The first-order chi connectivity index (χ1) is 19.6. The van der Waals surface area contributed by atoms with E-state index in [9.17, 15) is 18.0 Å². The Kier molecular flexibility index (Phi) is 10.7. The molecular formula is C31H35Cl2N3O4S. The second kappa shape index (κ2) is 14.2. The quantitative estimate of drug-likeness (QED) is 0.293. The van der Waals surface area contributed by atoms with Gasteiger partial charge in [0.05, 0.1) is 11.9 Å². The second-order valence-corrected chi connectivity index (χ2v) is 13.2. The Hall–Kier alpha value is -3.07.